The van der Waals surface area contributed by atoms with Gasteiger partial charge >= 0.3 is 12.1 Å². The van der Waals surface area contributed by atoms with Crippen molar-refractivity contribution in [1.82, 2.24) is 9.55 Å². The molecule has 20 heavy (non-hydrogen) atoms. The molecule has 5 nitrogen and oxygen atoms in total. The van der Waals surface area contributed by atoms with Crippen LogP contribution in [-0.4, -0.2) is 20.6 Å². The zero-order valence-corrected chi connectivity index (χ0v) is 10.3. The van der Waals surface area contributed by atoms with Crippen LogP contribution in [0, 0.1) is 6.57 Å². The number of halogens is 4. The molecule has 1 heterocycles. The zero-order valence-electron chi connectivity index (χ0n) is 9.57. The summed E-state index contributed by atoms with van der Waals surface area (Å²) in [5, 5.41) is 8.48. The van der Waals surface area contributed by atoms with Crippen LogP contribution in [0.2, 0.25) is 5.02 Å². The predicted molar refractivity (Wildman–Crippen MR) is 63.6 cm³/mol. The Morgan fingerprint density at radius 2 is 2.15 bits per heavy atom. The Kier molecular flexibility index (Phi) is 3.31. The topological polar surface area (TPSA) is 59.5 Å². The van der Waals surface area contributed by atoms with Gasteiger partial charge in [0.05, 0.1) is 22.6 Å². The van der Waals surface area contributed by atoms with Crippen molar-refractivity contribution >= 4 is 34.3 Å². The van der Waals surface area contributed by atoms with Crippen LogP contribution < -0.4 is 0 Å². The Bertz CT molecular complexity index is 746. The summed E-state index contributed by atoms with van der Waals surface area (Å²) in [4.78, 5) is 17.1. The summed E-state index contributed by atoms with van der Waals surface area (Å²) < 4.78 is 39.1. The van der Waals surface area contributed by atoms with Gasteiger partial charge in [-0.25, -0.2) is 9.83 Å². The summed E-state index contributed by atoms with van der Waals surface area (Å²) >= 11 is 5.81. The van der Waals surface area contributed by atoms with Crippen molar-refractivity contribution in [3.63, 3.8) is 0 Å². The molecule has 1 aromatic carbocycles. The fraction of sp³-hybridized carbons (Fsp3) is 0.182. The van der Waals surface area contributed by atoms with Gasteiger partial charge < -0.3 is 9.67 Å². The van der Waals surface area contributed by atoms with E-state index in [1.54, 1.807) is 0 Å². The van der Waals surface area contributed by atoms with E-state index in [-0.39, 0.29) is 21.7 Å². The van der Waals surface area contributed by atoms with E-state index in [9.17, 15) is 18.0 Å². The second kappa shape index (κ2) is 4.68. The Hall–Kier alpha value is -2.27. The van der Waals surface area contributed by atoms with Gasteiger partial charge in [-0.3, -0.25) is 4.79 Å². The fourth-order valence-corrected chi connectivity index (χ4v) is 1.99. The number of rotatable bonds is 2. The Labute approximate surface area is 115 Å². The highest BCUT2D eigenvalue weighted by Crippen LogP contribution is 2.37. The molecule has 0 saturated carbocycles. The van der Waals surface area contributed by atoms with Gasteiger partial charge in [0, 0.05) is 0 Å². The number of hydrogen-bond donors (Lipinski definition) is 1. The van der Waals surface area contributed by atoms with Crippen molar-refractivity contribution < 1.29 is 23.1 Å². The number of hydrogen-bond acceptors (Lipinski definition) is 2. The van der Waals surface area contributed by atoms with Crippen LogP contribution in [-0.2, 0) is 17.5 Å². The number of nitrogens with zero attached hydrogens (tertiary/aromatic N) is 3. The minimum Gasteiger partial charge on any atom is -0.480 e. The smallest absolute Gasteiger partial charge is 0.449 e. The summed E-state index contributed by atoms with van der Waals surface area (Å²) in [6.45, 7) is 5.94. The zero-order chi connectivity index (χ0) is 15.1. The molecule has 0 fully saturated rings. The largest absolute Gasteiger partial charge is 0.480 e. The standard InChI is InChI=1S/C11H5ClF3N3O2/c1-16-5-2-3-6-9(8(5)12)17-10(11(13,14)15)18(6)4-7(19)20/h2-3H,4H2,(H,19,20). The van der Waals surface area contributed by atoms with E-state index in [2.05, 4.69) is 9.83 Å². The lowest BCUT2D eigenvalue weighted by Crippen LogP contribution is -2.18. The first-order valence-electron chi connectivity index (χ1n) is 5.11. The first kappa shape index (κ1) is 14.1. The van der Waals surface area contributed by atoms with Crippen molar-refractivity contribution in [2.45, 2.75) is 12.7 Å². The highest BCUT2D eigenvalue weighted by Gasteiger charge is 2.38. The van der Waals surface area contributed by atoms with Gasteiger partial charge in [-0.1, -0.05) is 17.7 Å². The molecule has 0 spiro atoms. The number of fused-ring (bicyclic) bond motifs is 1. The first-order chi connectivity index (χ1) is 9.25. The molecule has 0 atom stereocenters. The number of alkyl halides is 3. The minimum absolute atomic E-state index is 0.0483. The van der Waals surface area contributed by atoms with Crippen LogP contribution in [0.3, 0.4) is 0 Å². The average molecular weight is 304 g/mol. The molecule has 9 heteroatoms. The molecule has 0 amide bonds. The Morgan fingerprint density at radius 1 is 1.50 bits per heavy atom. The van der Waals surface area contributed by atoms with Crippen LogP contribution in [0.25, 0.3) is 15.9 Å². The fourth-order valence-electron chi connectivity index (χ4n) is 1.75. The number of carboxylic acid groups (broad SMARTS) is 1. The van der Waals surface area contributed by atoms with Crippen molar-refractivity contribution in [3.8, 4) is 0 Å². The maximum absolute atomic E-state index is 12.9. The normalized spacial score (nSPS) is 11.6. The van der Waals surface area contributed by atoms with E-state index in [1.165, 1.54) is 12.1 Å². The molecule has 2 rings (SSSR count). The van der Waals surface area contributed by atoms with Crippen LogP contribution >= 0.6 is 11.6 Å². The molecule has 1 aromatic heterocycles. The maximum Gasteiger partial charge on any atom is 0.449 e. The summed E-state index contributed by atoms with van der Waals surface area (Å²) in [5.74, 6) is -2.81. The predicted octanol–water partition coefficient (Wildman–Crippen LogP) is 3.34. The third-order valence-corrected chi connectivity index (χ3v) is 2.88. The second-order valence-electron chi connectivity index (χ2n) is 3.79. The highest BCUT2D eigenvalue weighted by atomic mass is 35.5. The van der Waals surface area contributed by atoms with E-state index in [1.807, 2.05) is 0 Å². The molecular weight excluding hydrogens is 299 g/mol. The minimum atomic E-state index is -4.82. The van der Waals surface area contributed by atoms with Gasteiger partial charge in [0.1, 0.15) is 6.54 Å². The number of carbonyl (C=O) groups is 1. The third-order valence-electron chi connectivity index (χ3n) is 2.51. The van der Waals surface area contributed by atoms with E-state index >= 15 is 0 Å². The molecule has 0 aliphatic heterocycles. The van der Waals surface area contributed by atoms with Gasteiger partial charge in [0.25, 0.3) is 0 Å². The Balaban J connectivity index is 2.83. The SMILES string of the molecule is [C-]#[N+]c1ccc2c(nc(C(F)(F)F)n2CC(=O)O)c1Cl. The first-order valence-corrected chi connectivity index (χ1v) is 5.48. The number of aromatic nitrogens is 2. The van der Waals surface area contributed by atoms with Crippen molar-refractivity contribution in [2.24, 2.45) is 0 Å². The highest BCUT2D eigenvalue weighted by molar-refractivity contribution is 6.37. The monoisotopic (exact) mass is 303 g/mol. The summed E-state index contributed by atoms with van der Waals surface area (Å²) in [6, 6.07) is 2.41. The second-order valence-corrected chi connectivity index (χ2v) is 4.17. The number of benzene rings is 1. The number of imidazole rings is 1. The lowest BCUT2D eigenvalue weighted by atomic mass is 10.2. The van der Waals surface area contributed by atoms with Crippen molar-refractivity contribution in [1.29, 1.82) is 0 Å². The van der Waals surface area contributed by atoms with E-state index in [0.29, 0.717) is 4.57 Å². The van der Waals surface area contributed by atoms with Crippen molar-refractivity contribution in [2.75, 3.05) is 0 Å². The van der Waals surface area contributed by atoms with Crippen molar-refractivity contribution in [3.05, 3.63) is 34.4 Å². The van der Waals surface area contributed by atoms with Gasteiger partial charge in [0.15, 0.2) is 0 Å². The van der Waals surface area contributed by atoms with E-state index in [0.717, 1.165) is 0 Å². The lowest BCUT2D eigenvalue weighted by molar-refractivity contribution is -0.148. The quantitative estimate of drug-likeness (QED) is 0.866. The molecule has 1 N–H and O–H groups in total. The van der Waals surface area contributed by atoms with Crippen LogP contribution in [0.5, 0.6) is 0 Å². The number of carboxylic acids is 1. The van der Waals surface area contributed by atoms with Gasteiger partial charge in [-0.15, -0.1) is 0 Å². The summed E-state index contributed by atoms with van der Waals surface area (Å²) in [7, 11) is 0. The molecule has 2 aromatic rings. The van der Waals surface area contributed by atoms with Gasteiger partial charge in [-0.2, -0.15) is 13.2 Å². The molecule has 0 aliphatic carbocycles. The van der Waals surface area contributed by atoms with Gasteiger partial charge in [0.2, 0.25) is 11.5 Å². The third kappa shape index (κ3) is 2.28. The van der Waals surface area contributed by atoms with E-state index in [4.69, 9.17) is 23.3 Å². The molecule has 104 valence electrons. The molecule has 0 saturated heterocycles. The summed E-state index contributed by atoms with van der Waals surface area (Å²) in [6.07, 6.45) is -4.82. The van der Waals surface area contributed by atoms with Crippen LogP contribution in [0.4, 0.5) is 18.9 Å². The van der Waals surface area contributed by atoms with Gasteiger partial charge in [-0.05, 0) is 6.07 Å². The summed E-state index contributed by atoms with van der Waals surface area (Å²) in [5.41, 5.74) is -0.376. The molecule has 0 aliphatic rings. The van der Waals surface area contributed by atoms with E-state index < -0.39 is 24.5 Å². The maximum atomic E-state index is 12.9. The molecule has 0 radical (unpaired) electrons. The average Bonchev–Trinajstić information content (AvgIpc) is 2.69. The molecule has 0 bridgehead atoms. The van der Waals surface area contributed by atoms with Crippen LogP contribution in [0.15, 0.2) is 12.1 Å². The number of aliphatic carboxylic acids is 1. The lowest BCUT2D eigenvalue weighted by Gasteiger charge is -2.08. The molecular formula is C11H5ClF3N3O2. The molecule has 0 unspecified atom stereocenters. The van der Waals surface area contributed by atoms with Crippen LogP contribution in [0.1, 0.15) is 5.82 Å². The Morgan fingerprint density at radius 3 is 2.65 bits per heavy atom.